The number of nitrogens with one attached hydrogen (secondary N) is 1. The Labute approximate surface area is 235 Å². The lowest BCUT2D eigenvalue weighted by Gasteiger charge is -2.27. The van der Waals surface area contributed by atoms with Crippen molar-refractivity contribution in [1.82, 2.24) is 15.1 Å². The summed E-state index contributed by atoms with van der Waals surface area (Å²) in [6, 6.07) is 17.6. The number of nitrogens with zero attached hydrogens (tertiary/aromatic N) is 2. The molecule has 39 heavy (non-hydrogen) atoms. The van der Waals surface area contributed by atoms with E-state index in [2.05, 4.69) is 10.4 Å². The maximum absolute atomic E-state index is 13.8. The van der Waals surface area contributed by atoms with Crippen LogP contribution < -0.4 is 10.5 Å². The van der Waals surface area contributed by atoms with Gasteiger partial charge in [-0.3, -0.25) is 9.36 Å². The highest BCUT2D eigenvalue weighted by molar-refractivity contribution is 7.89. The largest absolute Gasteiger partial charge is 0.357 e. The van der Waals surface area contributed by atoms with Gasteiger partial charge in [0.1, 0.15) is 0 Å². The molecule has 2 aromatic carbocycles. The first-order chi connectivity index (χ1) is 18.6. The second kappa shape index (κ2) is 12.1. The molecule has 0 aliphatic heterocycles. The fourth-order valence-corrected chi connectivity index (χ4v) is 7.07. The maximum atomic E-state index is 13.8. The monoisotopic (exact) mass is 608 g/mol. The molecule has 0 fully saturated rings. The Hall–Kier alpha value is -2.83. The smallest absolute Gasteiger partial charge is 0.333 e. The molecule has 10 nitrogen and oxygen atoms in total. The lowest BCUT2D eigenvalue weighted by Crippen LogP contribution is -2.30. The number of amides is 1. The summed E-state index contributed by atoms with van der Waals surface area (Å²) in [5.74, 6) is -1.75. The van der Waals surface area contributed by atoms with E-state index in [9.17, 15) is 17.8 Å². The quantitative estimate of drug-likeness (QED) is 0.211. The Morgan fingerprint density at radius 2 is 1.74 bits per heavy atom. The molecule has 1 unspecified atom stereocenters. The number of carbonyl (C=O) groups is 1. The van der Waals surface area contributed by atoms with Crippen molar-refractivity contribution in [3.05, 3.63) is 88.4 Å². The number of hydrogen-bond donors (Lipinski definition) is 2. The van der Waals surface area contributed by atoms with Gasteiger partial charge in [-0.2, -0.15) is 5.10 Å². The SMILES string of the molecule is CCOP(=O)(OCC)C(NC(=O)c1cc(-c2cccs2)n(-c2ccc(S(N)(=O)=O)cc2)n1)c1ccc(Cl)cc1. The molecule has 206 valence electrons. The summed E-state index contributed by atoms with van der Waals surface area (Å²) >= 11 is 7.49. The van der Waals surface area contributed by atoms with Crippen molar-refractivity contribution < 1.29 is 26.8 Å². The minimum atomic E-state index is -3.88. The van der Waals surface area contributed by atoms with Crippen molar-refractivity contribution >= 4 is 46.5 Å². The molecule has 0 saturated carbocycles. The van der Waals surface area contributed by atoms with Gasteiger partial charge in [-0.05, 0) is 73.3 Å². The number of hydrogen-bond acceptors (Lipinski definition) is 8. The van der Waals surface area contributed by atoms with Crippen LogP contribution in [0.25, 0.3) is 16.3 Å². The highest BCUT2D eigenvalue weighted by atomic mass is 35.5. The summed E-state index contributed by atoms with van der Waals surface area (Å²) in [5.41, 5.74) is 1.62. The predicted octanol–water partition coefficient (Wildman–Crippen LogP) is 5.60. The summed E-state index contributed by atoms with van der Waals surface area (Å²) in [6.07, 6.45) is 0. The number of thiophene rings is 1. The Morgan fingerprint density at radius 3 is 2.28 bits per heavy atom. The zero-order valence-electron chi connectivity index (χ0n) is 21.0. The van der Waals surface area contributed by atoms with E-state index in [1.165, 1.54) is 28.2 Å². The van der Waals surface area contributed by atoms with Crippen LogP contribution in [0.15, 0.2) is 77.0 Å². The zero-order valence-corrected chi connectivity index (χ0v) is 24.3. The Bertz CT molecular complexity index is 1580. The number of benzene rings is 2. The van der Waals surface area contributed by atoms with Gasteiger partial charge in [0.05, 0.1) is 34.4 Å². The topological polar surface area (TPSA) is 143 Å². The molecule has 4 rings (SSSR count). The minimum absolute atomic E-state index is 0.0347. The number of sulfonamides is 1. The maximum Gasteiger partial charge on any atom is 0.357 e. The van der Waals surface area contributed by atoms with Gasteiger partial charge in [0.25, 0.3) is 5.91 Å². The molecule has 0 aliphatic carbocycles. The molecular weight excluding hydrogens is 583 g/mol. The average Bonchev–Trinajstić information content (AvgIpc) is 3.58. The van der Waals surface area contributed by atoms with E-state index in [4.69, 9.17) is 25.8 Å². The molecule has 4 aromatic rings. The van der Waals surface area contributed by atoms with Crippen LogP contribution in [-0.2, 0) is 23.6 Å². The zero-order chi connectivity index (χ0) is 28.2. The molecular formula is C25H26ClN4O6PS2. The third-order valence-electron chi connectivity index (χ3n) is 5.51. The Morgan fingerprint density at radius 1 is 1.10 bits per heavy atom. The number of rotatable bonds is 11. The van der Waals surface area contributed by atoms with E-state index in [-0.39, 0.29) is 23.8 Å². The molecule has 0 aliphatic rings. The lowest BCUT2D eigenvalue weighted by molar-refractivity contribution is 0.0931. The molecule has 0 radical (unpaired) electrons. The molecule has 1 atom stereocenters. The molecule has 3 N–H and O–H groups in total. The summed E-state index contributed by atoms with van der Waals surface area (Å²) < 4.78 is 49.8. The Balaban J connectivity index is 1.75. The molecule has 2 heterocycles. The summed E-state index contributed by atoms with van der Waals surface area (Å²) in [4.78, 5) is 14.3. The molecule has 0 saturated heterocycles. The van der Waals surface area contributed by atoms with E-state index in [1.807, 2.05) is 17.5 Å². The van der Waals surface area contributed by atoms with Crippen LogP contribution in [0.4, 0.5) is 0 Å². The number of halogens is 1. The van der Waals surface area contributed by atoms with Gasteiger partial charge in [0.2, 0.25) is 10.0 Å². The van der Waals surface area contributed by atoms with Crippen molar-refractivity contribution in [2.45, 2.75) is 24.5 Å². The van der Waals surface area contributed by atoms with Crippen LogP contribution in [0.3, 0.4) is 0 Å². The predicted molar refractivity (Wildman–Crippen MR) is 151 cm³/mol. The number of nitrogens with two attached hydrogens (primary N) is 1. The van der Waals surface area contributed by atoms with E-state index in [1.54, 1.807) is 56.3 Å². The first kappa shape index (κ1) is 29.2. The van der Waals surface area contributed by atoms with Gasteiger partial charge >= 0.3 is 7.60 Å². The van der Waals surface area contributed by atoms with Crippen molar-refractivity contribution in [3.8, 4) is 16.3 Å². The van der Waals surface area contributed by atoms with Gasteiger partial charge < -0.3 is 14.4 Å². The van der Waals surface area contributed by atoms with Crippen molar-refractivity contribution in [3.63, 3.8) is 0 Å². The second-order valence-electron chi connectivity index (χ2n) is 8.15. The highest BCUT2D eigenvalue weighted by Crippen LogP contribution is 2.59. The van der Waals surface area contributed by atoms with Gasteiger partial charge in [-0.15, -0.1) is 11.3 Å². The van der Waals surface area contributed by atoms with E-state index in [0.717, 1.165) is 4.88 Å². The lowest BCUT2D eigenvalue weighted by atomic mass is 10.2. The van der Waals surface area contributed by atoms with Gasteiger partial charge in [0, 0.05) is 5.02 Å². The van der Waals surface area contributed by atoms with Crippen LogP contribution in [0.1, 0.15) is 35.7 Å². The van der Waals surface area contributed by atoms with Gasteiger partial charge in [0.15, 0.2) is 11.5 Å². The van der Waals surface area contributed by atoms with Crippen molar-refractivity contribution in [1.29, 1.82) is 0 Å². The van der Waals surface area contributed by atoms with Crippen LogP contribution in [-0.4, -0.2) is 37.3 Å². The van der Waals surface area contributed by atoms with E-state index >= 15 is 0 Å². The normalized spacial score (nSPS) is 12.8. The third-order valence-corrected chi connectivity index (χ3v) is 9.88. The van der Waals surface area contributed by atoms with E-state index < -0.39 is 29.3 Å². The molecule has 1 amide bonds. The first-order valence-electron chi connectivity index (χ1n) is 11.8. The van der Waals surface area contributed by atoms with E-state index in [0.29, 0.717) is 22.0 Å². The summed E-state index contributed by atoms with van der Waals surface area (Å²) in [5, 5.41) is 14.9. The fourth-order valence-electron chi connectivity index (χ4n) is 3.80. The van der Waals surface area contributed by atoms with Crippen LogP contribution in [0.5, 0.6) is 0 Å². The number of primary sulfonamides is 1. The van der Waals surface area contributed by atoms with Crippen molar-refractivity contribution in [2.24, 2.45) is 5.14 Å². The molecule has 0 bridgehead atoms. The standard InChI is InChI=1S/C25H26ClN4O6PS2/c1-3-35-37(32,36-4-2)25(17-7-9-18(26)10-8-17)28-24(31)21-16-22(23-6-5-15-38-23)30(29-21)19-11-13-20(14-12-19)39(27,33)34/h5-16,25H,3-4H2,1-2H3,(H,28,31)(H2,27,33,34). The Kier molecular flexibility index (Phi) is 9.07. The van der Waals surface area contributed by atoms with Gasteiger partial charge in [-0.25, -0.2) is 18.2 Å². The second-order valence-corrected chi connectivity index (χ2v) is 13.2. The average molecular weight is 609 g/mol. The molecule has 0 spiro atoms. The summed E-state index contributed by atoms with van der Waals surface area (Å²) in [7, 11) is -7.73. The van der Waals surface area contributed by atoms with Crippen molar-refractivity contribution in [2.75, 3.05) is 13.2 Å². The summed E-state index contributed by atoms with van der Waals surface area (Å²) in [6.45, 7) is 3.57. The van der Waals surface area contributed by atoms with Crippen LogP contribution in [0, 0.1) is 0 Å². The van der Waals surface area contributed by atoms with Gasteiger partial charge in [-0.1, -0.05) is 29.8 Å². The minimum Gasteiger partial charge on any atom is -0.333 e. The molecule has 14 heteroatoms. The fraction of sp³-hybridized carbons (Fsp3) is 0.200. The number of aromatic nitrogens is 2. The van der Waals surface area contributed by atoms with Crippen LogP contribution in [0.2, 0.25) is 5.02 Å². The highest BCUT2D eigenvalue weighted by Gasteiger charge is 2.39. The number of carbonyl (C=O) groups excluding carboxylic acids is 1. The third kappa shape index (κ3) is 6.67. The first-order valence-corrected chi connectivity index (χ1v) is 16.2. The van der Waals surface area contributed by atoms with Crippen LogP contribution >= 0.6 is 30.5 Å². The molecule has 2 aromatic heterocycles.